The molecule has 1 aromatic carbocycles. The fraction of sp³-hybridized carbons (Fsp3) is 0.273. The van der Waals surface area contributed by atoms with Crippen molar-refractivity contribution in [2.75, 3.05) is 18.6 Å². The highest BCUT2D eigenvalue weighted by molar-refractivity contribution is 7.80. The van der Waals surface area contributed by atoms with Crippen molar-refractivity contribution in [2.45, 2.75) is 25.6 Å². The quantitative estimate of drug-likeness (QED) is 0.642. The van der Waals surface area contributed by atoms with E-state index in [1.54, 1.807) is 7.11 Å². The second-order valence-electron chi connectivity index (χ2n) is 6.95. The summed E-state index contributed by atoms with van der Waals surface area (Å²) in [5, 5.41) is 4.22. The molecule has 2 atom stereocenters. The Balaban J connectivity index is 1.80. The van der Waals surface area contributed by atoms with Gasteiger partial charge in [-0.2, -0.15) is 0 Å². The standard InChI is InChI=1S/C22H24N4OS/c1-16-8-10-17(11-9-16)26-21(19-7-5-13-25(19)14-15-27-2)20(24-22(26)28)18-6-3-4-12-23-18/h3-13,20-21H,14-15H2,1-2H3,(H,24,28)/t20-,21-/m1/s1. The van der Waals surface area contributed by atoms with Gasteiger partial charge in [-0.05, 0) is 55.5 Å². The number of hydrogen-bond acceptors (Lipinski definition) is 3. The van der Waals surface area contributed by atoms with Crippen LogP contribution in [0.5, 0.6) is 0 Å². The van der Waals surface area contributed by atoms with Crippen LogP contribution in [0, 0.1) is 6.92 Å². The van der Waals surface area contributed by atoms with Crippen molar-refractivity contribution in [2.24, 2.45) is 0 Å². The topological polar surface area (TPSA) is 42.3 Å². The lowest BCUT2D eigenvalue weighted by molar-refractivity contribution is 0.186. The molecule has 4 rings (SSSR count). The number of rotatable bonds is 6. The van der Waals surface area contributed by atoms with Crippen LogP contribution >= 0.6 is 12.2 Å². The summed E-state index contributed by atoms with van der Waals surface area (Å²) in [6, 6.07) is 18.7. The van der Waals surface area contributed by atoms with Crippen LogP contribution in [0.1, 0.15) is 29.0 Å². The highest BCUT2D eigenvalue weighted by Gasteiger charge is 2.41. The summed E-state index contributed by atoms with van der Waals surface area (Å²) < 4.78 is 7.54. The zero-order valence-electron chi connectivity index (χ0n) is 16.1. The number of ether oxygens (including phenoxy) is 1. The fourth-order valence-corrected chi connectivity index (χ4v) is 4.07. The first kappa shape index (κ1) is 18.7. The van der Waals surface area contributed by atoms with Gasteiger partial charge in [-0.3, -0.25) is 4.98 Å². The Labute approximate surface area is 171 Å². The number of nitrogens with zero attached hydrogens (tertiary/aromatic N) is 3. The Morgan fingerprint density at radius 3 is 2.64 bits per heavy atom. The van der Waals surface area contributed by atoms with Gasteiger partial charge in [-0.25, -0.2) is 0 Å². The van der Waals surface area contributed by atoms with Gasteiger partial charge >= 0.3 is 0 Å². The van der Waals surface area contributed by atoms with E-state index in [1.165, 1.54) is 11.3 Å². The lowest BCUT2D eigenvalue weighted by atomic mass is 10.0. The first-order valence-electron chi connectivity index (χ1n) is 9.40. The number of aryl methyl sites for hydroxylation is 1. The number of methoxy groups -OCH3 is 1. The summed E-state index contributed by atoms with van der Waals surface area (Å²) in [6.45, 7) is 3.54. The first-order valence-corrected chi connectivity index (χ1v) is 9.81. The Hall–Kier alpha value is -2.70. The number of benzene rings is 1. The van der Waals surface area contributed by atoms with Crippen LogP contribution < -0.4 is 10.2 Å². The number of hydrogen-bond donors (Lipinski definition) is 1. The number of nitrogens with one attached hydrogen (secondary N) is 1. The van der Waals surface area contributed by atoms with Crippen LogP contribution in [0.2, 0.25) is 0 Å². The summed E-state index contributed by atoms with van der Waals surface area (Å²) in [7, 11) is 1.73. The van der Waals surface area contributed by atoms with Crippen molar-refractivity contribution < 1.29 is 4.74 Å². The highest BCUT2D eigenvalue weighted by Crippen LogP contribution is 2.41. The predicted octanol–water partition coefficient (Wildman–Crippen LogP) is 4.02. The lowest BCUT2D eigenvalue weighted by Gasteiger charge is -2.29. The number of thiocarbonyl (C=S) groups is 1. The summed E-state index contributed by atoms with van der Waals surface area (Å²) in [5.74, 6) is 0. The van der Waals surface area contributed by atoms with Crippen molar-refractivity contribution in [3.05, 3.63) is 83.9 Å². The Morgan fingerprint density at radius 1 is 1.11 bits per heavy atom. The van der Waals surface area contributed by atoms with Crippen LogP contribution in [0.25, 0.3) is 0 Å². The van der Waals surface area contributed by atoms with Gasteiger partial charge in [0.25, 0.3) is 0 Å². The summed E-state index contributed by atoms with van der Waals surface area (Å²) in [6.07, 6.45) is 3.92. The molecule has 0 unspecified atom stereocenters. The molecule has 1 N–H and O–H groups in total. The van der Waals surface area contributed by atoms with Crippen molar-refractivity contribution in [1.29, 1.82) is 0 Å². The van der Waals surface area contributed by atoms with E-state index < -0.39 is 0 Å². The van der Waals surface area contributed by atoms with Gasteiger partial charge in [-0.1, -0.05) is 23.8 Å². The van der Waals surface area contributed by atoms with E-state index in [2.05, 4.69) is 69.3 Å². The summed E-state index contributed by atoms with van der Waals surface area (Å²) in [5.41, 5.74) is 4.46. The van der Waals surface area contributed by atoms with Gasteiger partial charge in [0.05, 0.1) is 18.3 Å². The van der Waals surface area contributed by atoms with Crippen molar-refractivity contribution in [1.82, 2.24) is 14.9 Å². The molecule has 1 saturated heterocycles. The maximum atomic E-state index is 5.77. The molecule has 6 heteroatoms. The lowest BCUT2D eigenvalue weighted by Crippen LogP contribution is -2.30. The monoisotopic (exact) mass is 392 g/mol. The molecule has 1 aliphatic heterocycles. The third kappa shape index (κ3) is 3.53. The van der Waals surface area contributed by atoms with E-state index in [-0.39, 0.29) is 12.1 Å². The third-order valence-corrected chi connectivity index (χ3v) is 5.43. The van der Waals surface area contributed by atoms with Crippen LogP contribution in [-0.2, 0) is 11.3 Å². The second kappa shape index (κ2) is 8.12. The molecule has 28 heavy (non-hydrogen) atoms. The van der Waals surface area contributed by atoms with Gasteiger partial charge in [0.1, 0.15) is 6.04 Å². The maximum absolute atomic E-state index is 5.77. The average molecular weight is 393 g/mol. The largest absolute Gasteiger partial charge is 0.383 e. The summed E-state index contributed by atoms with van der Waals surface area (Å²) >= 11 is 5.77. The minimum atomic E-state index is -0.0359. The van der Waals surface area contributed by atoms with Gasteiger partial charge in [0.15, 0.2) is 5.11 Å². The van der Waals surface area contributed by atoms with E-state index in [0.29, 0.717) is 11.7 Å². The first-order chi connectivity index (χ1) is 13.7. The third-order valence-electron chi connectivity index (χ3n) is 5.11. The number of aromatic nitrogens is 2. The normalized spacial score (nSPS) is 19.1. The van der Waals surface area contributed by atoms with E-state index in [4.69, 9.17) is 17.0 Å². The molecule has 3 aromatic rings. The molecule has 0 bridgehead atoms. The fourth-order valence-electron chi connectivity index (χ4n) is 3.73. The summed E-state index contributed by atoms with van der Waals surface area (Å²) in [4.78, 5) is 6.81. The Kier molecular flexibility index (Phi) is 5.41. The van der Waals surface area contributed by atoms with Gasteiger partial charge < -0.3 is 19.5 Å². The van der Waals surface area contributed by atoms with Gasteiger partial charge in [0.2, 0.25) is 0 Å². The molecule has 0 saturated carbocycles. The van der Waals surface area contributed by atoms with E-state index in [9.17, 15) is 0 Å². The molecule has 0 amide bonds. The molecule has 0 aliphatic carbocycles. The number of pyridine rings is 1. The zero-order valence-corrected chi connectivity index (χ0v) is 16.9. The number of anilines is 1. The van der Waals surface area contributed by atoms with E-state index in [0.717, 1.165) is 17.9 Å². The molecule has 0 spiro atoms. The molecule has 3 heterocycles. The predicted molar refractivity (Wildman–Crippen MR) is 115 cm³/mol. The van der Waals surface area contributed by atoms with Gasteiger partial charge in [-0.15, -0.1) is 0 Å². The molecule has 1 aliphatic rings. The van der Waals surface area contributed by atoms with Crippen molar-refractivity contribution >= 4 is 23.0 Å². The van der Waals surface area contributed by atoms with Crippen LogP contribution in [0.15, 0.2) is 67.0 Å². The second-order valence-corrected chi connectivity index (χ2v) is 7.34. The minimum Gasteiger partial charge on any atom is -0.383 e. The highest BCUT2D eigenvalue weighted by atomic mass is 32.1. The molecule has 144 valence electrons. The SMILES string of the molecule is COCCn1cccc1[C@@H]1[C@@H](c2ccccn2)NC(=S)N1c1ccc(C)cc1. The molecule has 2 aromatic heterocycles. The molecular formula is C22H24N4OS. The molecule has 1 fully saturated rings. The van der Waals surface area contributed by atoms with Crippen molar-refractivity contribution in [3.63, 3.8) is 0 Å². The van der Waals surface area contributed by atoms with Crippen molar-refractivity contribution in [3.8, 4) is 0 Å². The van der Waals surface area contributed by atoms with Gasteiger partial charge in [0, 0.05) is 37.4 Å². The minimum absolute atomic E-state index is 0.00281. The smallest absolute Gasteiger partial charge is 0.174 e. The molecule has 0 radical (unpaired) electrons. The van der Waals surface area contributed by atoms with Crippen LogP contribution in [0.4, 0.5) is 5.69 Å². The van der Waals surface area contributed by atoms with Crippen LogP contribution in [0.3, 0.4) is 0 Å². The average Bonchev–Trinajstić information content (AvgIpc) is 3.31. The maximum Gasteiger partial charge on any atom is 0.174 e. The van der Waals surface area contributed by atoms with Crippen LogP contribution in [-0.4, -0.2) is 28.4 Å². The zero-order chi connectivity index (χ0) is 19.5. The Morgan fingerprint density at radius 2 is 1.93 bits per heavy atom. The molecular weight excluding hydrogens is 368 g/mol. The van der Waals surface area contributed by atoms with E-state index >= 15 is 0 Å². The Bertz CT molecular complexity index is 939. The molecule has 5 nitrogen and oxygen atoms in total. The van der Waals surface area contributed by atoms with E-state index in [1.807, 2.05) is 24.4 Å².